The molecular formula is C21H15ClF6N4OS. The quantitative estimate of drug-likeness (QED) is 0.412. The molecule has 34 heavy (non-hydrogen) atoms. The molecule has 1 aromatic carbocycles. The molecule has 0 spiro atoms. The number of hydrogen-bond donors (Lipinski definition) is 0. The van der Waals surface area contributed by atoms with Crippen molar-refractivity contribution in [1.82, 2.24) is 14.5 Å². The van der Waals surface area contributed by atoms with Crippen LogP contribution >= 0.6 is 22.9 Å². The molecule has 4 rings (SSSR count). The van der Waals surface area contributed by atoms with E-state index in [0.717, 1.165) is 22.8 Å². The van der Waals surface area contributed by atoms with Crippen LogP contribution in [0.3, 0.4) is 0 Å². The molecule has 0 aliphatic carbocycles. The predicted octanol–water partition coefficient (Wildman–Crippen LogP) is 5.73. The number of nitrogens with zero attached hydrogens (tertiary/aromatic N) is 4. The van der Waals surface area contributed by atoms with Crippen LogP contribution in [-0.2, 0) is 18.9 Å². The van der Waals surface area contributed by atoms with Crippen LogP contribution in [-0.4, -0.2) is 27.6 Å². The summed E-state index contributed by atoms with van der Waals surface area (Å²) >= 11 is 6.40. The first kappa shape index (κ1) is 24.3. The minimum Gasteiger partial charge on any atom is -0.337 e. The lowest BCUT2D eigenvalue weighted by Crippen LogP contribution is -2.33. The first-order valence-corrected chi connectivity index (χ1v) is 11.0. The molecule has 1 aliphatic heterocycles. The SMILES string of the molecule is O=c1nc(N2CC=C(c3cc(Cl)cc(C(F)(F)F)c3)CC2)ncn1Cc1ccc(C(F)(F)F)s1. The third-order valence-electron chi connectivity index (χ3n) is 5.11. The van der Waals surface area contributed by atoms with Gasteiger partial charge >= 0.3 is 18.0 Å². The van der Waals surface area contributed by atoms with Gasteiger partial charge in [-0.15, -0.1) is 11.3 Å². The van der Waals surface area contributed by atoms with Crippen molar-refractivity contribution in [2.24, 2.45) is 0 Å². The lowest BCUT2D eigenvalue weighted by molar-refractivity contribution is -0.137. The van der Waals surface area contributed by atoms with Crippen LogP contribution in [0.25, 0.3) is 5.57 Å². The summed E-state index contributed by atoms with van der Waals surface area (Å²) in [5.74, 6) is 0.126. The van der Waals surface area contributed by atoms with E-state index in [0.29, 0.717) is 40.3 Å². The van der Waals surface area contributed by atoms with Crippen molar-refractivity contribution >= 4 is 34.5 Å². The van der Waals surface area contributed by atoms with Crippen LogP contribution in [0.2, 0.25) is 5.02 Å². The Bertz CT molecular complexity index is 1300. The van der Waals surface area contributed by atoms with E-state index in [-0.39, 0.29) is 24.1 Å². The minimum atomic E-state index is -4.52. The van der Waals surface area contributed by atoms with Gasteiger partial charge < -0.3 is 4.90 Å². The van der Waals surface area contributed by atoms with Crippen LogP contribution in [0, 0.1) is 0 Å². The summed E-state index contributed by atoms with van der Waals surface area (Å²) in [5, 5.41) is -0.0202. The Kier molecular flexibility index (Phi) is 6.47. The molecule has 0 saturated heterocycles. The molecule has 0 N–H and O–H groups in total. The van der Waals surface area contributed by atoms with E-state index in [4.69, 9.17) is 11.6 Å². The highest BCUT2D eigenvalue weighted by molar-refractivity contribution is 7.12. The van der Waals surface area contributed by atoms with Crippen molar-refractivity contribution in [3.8, 4) is 0 Å². The summed E-state index contributed by atoms with van der Waals surface area (Å²) in [4.78, 5) is 21.7. The predicted molar refractivity (Wildman–Crippen MR) is 116 cm³/mol. The number of anilines is 1. The average Bonchev–Trinajstić information content (AvgIpc) is 3.23. The molecule has 3 heterocycles. The lowest BCUT2D eigenvalue weighted by atomic mass is 9.97. The van der Waals surface area contributed by atoms with Crippen molar-refractivity contribution in [1.29, 1.82) is 0 Å². The van der Waals surface area contributed by atoms with Gasteiger partial charge in [0.25, 0.3) is 0 Å². The van der Waals surface area contributed by atoms with Crippen LogP contribution in [0.5, 0.6) is 0 Å². The number of halogens is 7. The zero-order chi connectivity index (χ0) is 24.7. The minimum absolute atomic E-state index is 0.0202. The van der Waals surface area contributed by atoms with Crippen LogP contribution < -0.4 is 10.6 Å². The van der Waals surface area contributed by atoms with E-state index in [1.54, 1.807) is 11.0 Å². The van der Waals surface area contributed by atoms with Gasteiger partial charge in [0.15, 0.2) is 0 Å². The van der Waals surface area contributed by atoms with Gasteiger partial charge in [0.05, 0.1) is 12.1 Å². The average molecular weight is 521 g/mol. The second kappa shape index (κ2) is 9.06. The van der Waals surface area contributed by atoms with Crippen molar-refractivity contribution in [3.63, 3.8) is 0 Å². The molecule has 0 saturated carbocycles. The maximum absolute atomic E-state index is 13.1. The van der Waals surface area contributed by atoms with E-state index in [9.17, 15) is 31.1 Å². The Morgan fingerprint density at radius 3 is 2.41 bits per heavy atom. The second-order valence-corrected chi connectivity index (χ2v) is 9.09. The molecule has 13 heteroatoms. The zero-order valence-corrected chi connectivity index (χ0v) is 18.7. The molecular weight excluding hydrogens is 506 g/mol. The van der Waals surface area contributed by atoms with Crippen LogP contribution in [0.4, 0.5) is 32.3 Å². The van der Waals surface area contributed by atoms with Crippen molar-refractivity contribution in [2.75, 3.05) is 18.0 Å². The fourth-order valence-electron chi connectivity index (χ4n) is 3.44. The molecule has 1 aliphatic rings. The highest BCUT2D eigenvalue weighted by Crippen LogP contribution is 2.36. The van der Waals surface area contributed by atoms with E-state index >= 15 is 0 Å². The first-order chi connectivity index (χ1) is 15.9. The van der Waals surface area contributed by atoms with Gasteiger partial charge in [-0.2, -0.15) is 31.3 Å². The van der Waals surface area contributed by atoms with E-state index in [1.807, 2.05) is 0 Å². The van der Waals surface area contributed by atoms with Gasteiger partial charge in [0.2, 0.25) is 5.95 Å². The number of alkyl halides is 6. The molecule has 0 atom stereocenters. The Morgan fingerprint density at radius 1 is 1.06 bits per heavy atom. The normalized spacial score (nSPS) is 14.9. The molecule has 0 bridgehead atoms. The fraction of sp³-hybridized carbons (Fsp3) is 0.286. The molecule has 5 nitrogen and oxygen atoms in total. The molecule has 3 aromatic rings. The Hall–Kier alpha value is -2.86. The number of rotatable bonds is 4. The molecule has 0 fully saturated rings. The van der Waals surface area contributed by atoms with Gasteiger partial charge in [0.1, 0.15) is 11.2 Å². The van der Waals surface area contributed by atoms with E-state index < -0.39 is 28.5 Å². The monoisotopic (exact) mass is 520 g/mol. The van der Waals surface area contributed by atoms with Crippen molar-refractivity contribution in [2.45, 2.75) is 25.3 Å². The maximum Gasteiger partial charge on any atom is 0.425 e. The topological polar surface area (TPSA) is 51.0 Å². The van der Waals surface area contributed by atoms with Crippen LogP contribution in [0.15, 0.2) is 47.5 Å². The summed E-state index contributed by atoms with van der Waals surface area (Å²) in [6.45, 7) is 0.510. The van der Waals surface area contributed by atoms with Crippen LogP contribution in [0.1, 0.15) is 27.3 Å². The largest absolute Gasteiger partial charge is 0.425 e. The number of thiophene rings is 1. The molecule has 2 aromatic heterocycles. The third-order valence-corrected chi connectivity index (χ3v) is 6.44. The summed E-state index contributed by atoms with van der Waals surface area (Å²) in [6, 6.07) is 5.62. The summed E-state index contributed by atoms with van der Waals surface area (Å²) in [7, 11) is 0. The summed E-state index contributed by atoms with van der Waals surface area (Å²) < 4.78 is 78.6. The summed E-state index contributed by atoms with van der Waals surface area (Å²) in [6.07, 6.45) is -5.66. The van der Waals surface area contributed by atoms with E-state index in [1.165, 1.54) is 18.5 Å². The highest BCUT2D eigenvalue weighted by atomic mass is 35.5. The molecule has 180 valence electrons. The van der Waals surface area contributed by atoms with Gasteiger partial charge in [-0.1, -0.05) is 17.7 Å². The number of aromatic nitrogens is 3. The zero-order valence-electron chi connectivity index (χ0n) is 17.1. The Labute approximate surface area is 197 Å². The maximum atomic E-state index is 13.1. The lowest BCUT2D eigenvalue weighted by Gasteiger charge is -2.26. The third kappa shape index (κ3) is 5.44. The standard InChI is InChI=1S/C21H15ClF6N4OS/c22-15-8-13(7-14(9-15)20(23,24)25)12-3-5-31(6-4-12)18-29-11-32(19(33)30-18)10-16-1-2-17(34-16)21(26,27)28/h1-3,7-9,11H,4-6,10H2. The van der Waals surface area contributed by atoms with Gasteiger partial charge in [0, 0.05) is 23.0 Å². The van der Waals surface area contributed by atoms with Gasteiger partial charge in [-0.05, 0) is 47.9 Å². The second-order valence-electron chi connectivity index (χ2n) is 7.48. The van der Waals surface area contributed by atoms with Crippen molar-refractivity contribution < 1.29 is 26.3 Å². The summed E-state index contributed by atoms with van der Waals surface area (Å²) in [5.41, 5.74) is -0.467. The highest BCUT2D eigenvalue weighted by Gasteiger charge is 2.33. The van der Waals surface area contributed by atoms with E-state index in [2.05, 4.69) is 9.97 Å². The molecule has 0 radical (unpaired) electrons. The Morgan fingerprint density at radius 2 is 1.82 bits per heavy atom. The number of hydrogen-bond acceptors (Lipinski definition) is 5. The number of benzene rings is 1. The van der Waals surface area contributed by atoms with Gasteiger partial charge in [-0.25, -0.2) is 9.78 Å². The molecule has 0 unspecified atom stereocenters. The smallest absolute Gasteiger partial charge is 0.337 e. The Balaban J connectivity index is 1.48. The fourth-order valence-corrected chi connectivity index (χ4v) is 4.55. The van der Waals surface area contributed by atoms with Crippen molar-refractivity contribution in [3.05, 3.63) is 79.1 Å². The van der Waals surface area contributed by atoms with Gasteiger partial charge in [-0.3, -0.25) is 4.57 Å². The molecule has 0 amide bonds. The first-order valence-electron chi connectivity index (χ1n) is 9.82.